The van der Waals surface area contributed by atoms with Crippen LogP contribution < -0.4 is 10.2 Å². The monoisotopic (exact) mass is 405 g/mol. The summed E-state index contributed by atoms with van der Waals surface area (Å²) in [4.78, 5) is 29.9. The zero-order valence-corrected chi connectivity index (χ0v) is 16.8. The van der Waals surface area contributed by atoms with Gasteiger partial charge in [0.2, 0.25) is 5.91 Å². The SMILES string of the molecule is O=C([C@@H]1C[C@H](N2CCCN(c3ccc([N+](=O)[O-])cc3)CC2)CN1)N1CCSC1. The van der Waals surface area contributed by atoms with E-state index in [2.05, 4.69) is 15.1 Å². The van der Waals surface area contributed by atoms with Gasteiger partial charge < -0.3 is 15.1 Å². The number of nitro benzene ring substituents is 1. The summed E-state index contributed by atoms with van der Waals surface area (Å²) in [6.45, 7) is 5.56. The average molecular weight is 406 g/mol. The van der Waals surface area contributed by atoms with E-state index < -0.39 is 0 Å². The minimum absolute atomic E-state index is 0.0438. The molecule has 0 aliphatic carbocycles. The number of rotatable bonds is 4. The summed E-state index contributed by atoms with van der Waals surface area (Å²) in [5, 5.41) is 14.3. The molecule has 28 heavy (non-hydrogen) atoms. The quantitative estimate of drug-likeness (QED) is 0.598. The number of thioether (sulfide) groups is 1. The summed E-state index contributed by atoms with van der Waals surface area (Å²) in [7, 11) is 0. The Balaban J connectivity index is 1.31. The fraction of sp³-hybridized carbons (Fsp3) is 0.632. The lowest BCUT2D eigenvalue weighted by atomic mass is 10.1. The molecule has 3 fully saturated rings. The van der Waals surface area contributed by atoms with E-state index in [4.69, 9.17) is 0 Å². The molecule has 152 valence electrons. The van der Waals surface area contributed by atoms with Crippen molar-refractivity contribution in [1.29, 1.82) is 0 Å². The Labute approximate surface area is 169 Å². The number of carbonyl (C=O) groups excluding carboxylic acids is 1. The first-order valence-electron chi connectivity index (χ1n) is 9.95. The molecular formula is C19H27N5O3S. The Hall–Kier alpha value is -1.84. The zero-order chi connectivity index (χ0) is 19.5. The molecule has 8 nitrogen and oxygen atoms in total. The molecule has 1 amide bonds. The third-order valence-electron chi connectivity index (χ3n) is 5.94. The van der Waals surface area contributed by atoms with Crippen molar-refractivity contribution in [1.82, 2.24) is 15.1 Å². The van der Waals surface area contributed by atoms with Crippen molar-refractivity contribution < 1.29 is 9.72 Å². The van der Waals surface area contributed by atoms with Crippen LogP contribution in [-0.2, 0) is 4.79 Å². The number of hydrogen-bond acceptors (Lipinski definition) is 7. The van der Waals surface area contributed by atoms with Gasteiger partial charge in [0.25, 0.3) is 5.69 Å². The number of anilines is 1. The van der Waals surface area contributed by atoms with Crippen LogP contribution in [-0.4, -0.2) is 83.6 Å². The molecule has 1 N–H and O–H groups in total. The largest absolute Gasteiger partial charge is 0.370 e. The van der Waals surface area contributed by atoms with Crippen LogP contribution >= 0.6 is 11.8 Å². The van der Waals surface area contributed by atoms with Crippen molar-refractivity contribution in [3.05, 3.63) is 34.4 Å². The lowest BCUT2D eigenvalue weighted by Gasteiger charge is -2.27. The first-order chi connectivity index (χ1) is 13.6. The molecule has 4 rings (SSSR count). The van der Waals surface area contributed by atoms with Crippen molar-refractivity contribution in [2.75, 3.05) is 55.8 Å². The highest BCUT2D eigenvalue weighted by molar-refractivity contribution is 7.99. The molecule has 0 spiro atoms. The highest BCUT2D eigenvalue weighted by Gasteiger charge is 2.36. The predicted molar refractivity (Wildman–Crippen MR) is 111 cm³/mol. The fourth-order valence-corrected chi connectivity index (χ4v) is 5.29. The van der Waals surface area contributed by atoms with Gasteiger partial charge in [-0.3, -0.25) is 19.8 Å². The standard InChI is InChI=1S/C19H27N5O3S/c25-19(23-10-11-28-14-23)18-12-17(13-20-18)22-7-1-6-21(8-9-22)15-2-4-16(5-3-15)24(26)27/h2-5,17-18,20H,1,6-14H2/t17-,18-/m0/s1. The van der Waals surface area contributed by atoms with Gasteiger partial charge in [0.1, 0.15) is 0 Å². The van der Waals surface area contributed by atoms with Crippen LogP contribution in [0.3, 0.4) is 0 Å². The molecule has 0 radical (unpaired) electrons. The number of nitrogens with one attached hydrogen (secondary N) is 1. The minimum Gasteiger partial charge on any atom is -0.370 e. The Morgan fingerprint density at radius 3 is 2.68 bits per heavy atom. The van der Waals surface area contributed by atoms with E-state index in [1.807, 2.05) is 28.8 Å². The van der Waals surface area contributed by atoms with Gasteiger partial charge in [-0.1, -0.05) is 0 Å². The molecule has 3 aliphatic heterocycles. The van der Waals surface area contributed by atoms with E-state index in [0.29, 0.717) is 6.04 Å². The number of benzene rings is 1. The van der Waals surface area contributed by atoms with Gasteiger partial charge in [-0.05, 0) is 25.0 Å². The molecule has 9 heteroatoms. The lowest BCUT2D eigenvalue weighted by Crippen LogP contribution is -2.42. The Kier molecular flexibility index (Phi) is 6.03. The van der Waals surface area contributed by atoms with Crippen LogP contribution in [0.2, 0.25) is 0 Å². The summed E-state index contributed by atoms with van der Waals surface area (Å²) in [6, 6.07) is 7.19. The molecule has 0 saturated carbocycles. The van der Waals surface area contributed by atoms with E-state index in [1.165, 1.54) is 0 Å². The Morgan fingerprint density at radius 2 is 1.96 bits per heavy atom. The van der Waals surface area contributed by atoms with Crippen LogP contribution in [0.25, 0.3) is 0 Å². The van der Waals surface area contributed by atoms with Gasteiger partial charge >= 0.3 is 0 Å². The lowest BCUT2D eigenvalue weighted by molar-refractivity contribution is -0.384. The van der Waals surface area contributed by atoms with E-state index in [1.54, 1.807) is 12.1 Å². The third-order valence-corrected chi connectivity index (χ3v) is 6.91. The average Bonchev–Trinajstić information content (AvgIpc) is 3.36. The molecule has 3 aliphatic rings. The van der Waals surface area contributed by atoms with Gasteiger partial charge in [-0.15, -0.1) is 11.8 Å². The second-order valence-corrected chi connectivity index (χ2v) is 8.71. The molecule has 2 atom stereocenters. The Bertz CT molecular complexity index is 710. The molecule has 0 aromatic heterocycles. The van der Waals surface area contributed by atoms with Crippen molar-refractivity contribution in [2.24, 2.45) is 0 Å². The summed E-state index contributed by atoms with van der Waals surface area (Å²) in [6.07, 6.45) is 1.94. The summed E-state index contributed by atoms with van der Waals surface area (Å²) >= 11 is 1.83. The van der Waals surface area contributed by atoms with Crippen LogP contribution in [0, 0.1) is 10.1 Å². The molecule has 3 heterocycles. The second-order valence-electron chi connectivity index (χ2n) is 7.64. The van der Waals surface area contributed by atoms with E-state index in [9.17, 15) is 14.9 Å². The van der Waals surface area contributed by atoms with Crippen LogP contribution in [0.4, 0.5) is 11.4 Å². The maximum absolute atomic E-state index is 12.6. The molecule has 0 bridgehead atoms. The summed E-state index contributed by atoms with van der Waals surface area (Å²) < 4.78 is 0. The van der Waals surface area contributed by atoms with Gasteiger partial charge in [0.05, 0.1) is 16.8 Å². The smallest absolute Gasteiger partial charge is 0.269 e. The topological polar surface area (TPSA) is 82.0 Å². The molecule has 3 saturated heterocycles. The molecule has 0 unspecified atom stereocenters. The second kappa shape index (κ2) is 8.67. The number of hydrogen-bond donors (Lipinski definition) is 1. The zero-order valence-electron chi connectivity index (χ0n) is 16.0. The normalized spacial score (nSPS) is 26.4. The maximum atomic E-state index is 12.6. The number of nitro groups is 1. The van der Waals surface area contributed by atoms with Crippen molar-refractivity contribution in [3.8, 4) is 0 Å². The summed E-state index contributed by atoms with van der Waals surface area (Å²) in [5.74, 6) is 2.14. The number of carbonyl (C=O) groups is 1. The first kappa shape index (κ1) is 19.5. The first-order valence-corrected chi connectivity index (χ1v) is 11.1. The van der Waals surface area contributed by atoms with Crippen molar-refractivity contribution >= 4 is 29.0 Å². The fourth-order valence-electron chi connectivity index (χ4n) is 4.34. The summed E-state index contributed by atoms with van der Waals surface area (Å²) in [5.41, 5.74) is 1.17. The van der Waals surface area contributed by atoms with Gasteiger partial charge in [-0.2, -0.15) is 0 Å². The third kappa shape index (κ3) is 4.26. The minimum atomic E-state index is -0.362. The predicted octanol–water partition coefficient (Wildman–Crippen LogP) is 1.37. The van der Waals surface area contributed by atoms with E-state index in [0.717, 1.165) is 69.4 Å². The van der Waals surface area contributed by atoms with E-state index >= 15 is 0 Å². The van der Waals surface area contributed by atoms with Crippen LogP contribution in [0.15, 0.2) is 24.3 Å². The number of nitrogens with zero attached hydrogens (tertiary/aromatic N) is 4. The highest BCUT2D eigenvalue weighted by Crippen LogP contribution is 2.23. The van der Waals surface area contributed by atoms with Crippen molar-refractivity contribution in [3.63, 3.8) is 0 Å². The highest BCUT2D eigenvalue weighted by atomic mass is 32.2. The van der Waals surface area contributed by atoms with Crippen molar-refractivity contribution in [2.45, 2.75) is 24.9 Å². The van der Waals surface area contributed by atoms with Gasteiger partial charge in [-0.25, -0.2) is 0 Å². The number of amides is 1. The molecule has 1 aromatic rings. The van der Waals surface area contributed by atoms with Gasteiger partial charge in [0.15, 0.2) is 0 Å². The Morgan fingerprint density at radius 1 is 1.14 bits per heavy atom. The van der Waals surface area contributed by atoms with Gasteiger partial charge in [0, 0.05) is 68.9 Å². The van der Waals surface area contributed by atoms with Crippen LogP contribution in [0.1, 0.15) is 12.8 Å². The van der Waals surface area contributed by atoms with E-state index in [-0.39, 0.29) is 22.6 Å². The molecular weight excluding hydrogens is 378 g/mol. The van der Waals surface area contributed by atoms with Crippen LogP contribution in [0.5, 0.6) is 0 Å². The maximum Gasteiger partial charge on any atom is 0.269 e. The molecule has 1 aromatic carbocycles. The number of non-ortho nitro benzene ring substituents is 1.